The first-order chi connectivity index (χ1) is 13.0. The van der Waals surface area contributed by atoms with Crippen LogP contribution >= 0.6 is 12.2 Å². The van der Waals surface area contributed by atoms with Crippen LogP contribution < -0.4 is 5.32 Å². The highest BCUT2D eigenvalue weighted by molar-refractivity contribution is 7.80. The van der Waals surface area contributed by atoms with E-state index in [1.165, 1.54) is 5.56 Å². The Labute approximate surface area is 164 Å². The molecule has 0 aromatic carbocycles. The van der Waals surface area contributed by atoms with E-state index in [4.69, 9.17) is 12.2 Å². The van der Waals surface area contributed by atoms with Gasteiger partial charge < -0.3 is 10.2 Å². The lowest BCUT2D eigenvalue weighted by molar-refractivity contribution is 0.268. The van der Waals surface area contributed by atoms with Gasteiger partial charge in [-0.3, -0.25) is 9.66 Å². The molecule has 8 heteroatoms. The van der Waals surface area contributed by atoms with Gasteiger partial charge in [0.1, 0.15) is 12.7 Å². The van der Waals surface area contributed by atoms with E-state index in [1.807, 2.05) is 23.0 Å². The van der Waals surface area contributed by atoms with E-state index in [2.05, 4.69) is 69.9 Å². The summed E-state index contributed by atoms with van der Waals surface area (Å²) in [5.41, 5.74) is 4.46. The minimum atomic E-state index is -0.00374. The average Bonchev–Trinajstić information content (AvgIpc) is 3.34. The highest BCUT2D eigenvalue weighted by atomic mass is 32.1. The lowest BCUT2D eigenvalue weighted by atomic mass is 9.96. The summed E-state index contributed by atoms with van der Waals surface area (Å²) in [6.45, 7) is 8.55. The van der Waals surface area contributed by atoms with Crippen molar-refractivity contribution in [1.29, 1.82) is 0 Å². The highest BCUT2D eigenvalue weighted by Gasteiger charge is 2.42. The molecular formula is C19H23N7S. The van der Waals surface area contributed by atoms with Crippen molar-refractivity contribution in [2.24, 2.45) is 0 Å². The Hall–Kier alpha value is -2.74. The lowest BCUT2D eigenvalue weighted by Gasteiger charge is -2.31. The van der Waals surface area contributed by atoms with Crippen LogP contribution in [0.5, 0.6) is 0 Å². The first-order valence-electron chi connectivity index (χ1n) is 9.03. The zero-order valence-corrected chi connectivity index (χ0v) is 16.7. The minimum absolute atomic E-state index is 0.00374. The van der Waals surface area contributed by atoms with Crippen LogP contribution in [0.1, 0.15) is 48.6 Å². The quantitative estimate of drug-likeness (QED) is 0.701. The number of rotatable bonds is 4. The Kier molecular flexibility index (Phi) is 4.43. The molecule has 7 nitrogen and oxygen atoms in total. The molecule has 0 spiro atoms. The molecule has 27 heavy (non-hydrogen) atoms. The van der Waals surface area contributed by atoms with Gasteiger partial charge in [0.25, 0.3) is 0 Å². The van der Waals surface area contributed by atoms with Crippen molar-refractivity contribution in [1.82, 2.24) is 34.8 Å². The van der Waals surface area contributed by atoms with Gasteiger partial charge in [-0.1, -0.05) is 6.07 Å². The number of thiocarbonyl (C=S) groups is 1. The van der Waals surface area contributed by atoms with Crippen molar-refractivity contribution in [2.45, 2.75) is 45.8 Å². The number of hydrogen-bond donors (Lipinski definition) is 1. The molecule has 0 aliphatic carbocycles. The molecule has 3 aromatic heterocycles. The Balaban J connectivity index is 1.86. The molecule has 1 saturated heterocycles. The van der Waals surface area contributed by atoms with Crippen LogP contribution in [0.4, 0.5) is 0 Å². The second-order valence-corrected chi connectivity index (χ2v) is 7.49. The summed E-state index contributed by atoms with van der Waals surface area (Å²) in [5, 5.41) is 12.1. The summed E-state index contributed by atoms with van der Waals surface area (Å²) in [7, 11) is 0. The van der Waals surface area contributed by atoms with Gasteiger partial charge >= 0.3 is 0 Å². The van der Waals surface area contributed by atoms with Gasteiger partial charge in [-0.2, -0.15) is 0 Å². The van der Waals surface area contributed by atoms with E-state index >= 15 is 0 Å². The number of hydrogen-bond acceptors (Lipinski definition) is 4. The van der Waals surface area contributed by atoms with Gasteiger partial charge in [-0.05, 0) is 58.1 Å². The molecule has 3 aromatic rings. The van der Waals surface area contributed by atoms with Crippen LogP contribution in [0.3, 0.4) is 0 Å². The van der Waals surface area contributed by atoms with Gasteiger partial charge in [-0.15, -0.1) is 10.2 Å². The molecule has 2 atom stereocenters. The van der Waals surface area contributed by atoms with Crippen LogP contribution in [0, 0.1) is 13.8 Å². The summed E-state index contributed by atoms with van der Waals surface area (Å²) in [6, 6.07) is 8.55. The topological polar surface area (TPSA) is 63.8 Å². The smallest absolute Gasteiger partial charge is 0.170 e. The number of aryl methyl sites for hydroxylation is 1. The zero-order chi connectivity index (χ0) is 19.1. The summed E-state index contributed by atoms with van der Waals surface area (Å²) in [6.07, 6.45) is 5.24. The summed E-state index contributed by atoms with van der Waals surface area (Å²) < 4.78 is 4.01. The van der Waals surface area contributed by atoms with E-state index in [-0.39, 0.29) is 18.1 Å². The Morgan fingerprint density at radius 2 is 1.89 bits per heavy atom. The molecule has 1 N–H and O–H groups in total. The third kappa shape index (κ3) is 2.90. The largest absolute Gasteiger partial charge is 0.352 e. The molecule has 1 aliphatic rings. The molecule has 1 aliphatic heterocycles. The molecule has 4 rings (SSSR count). The maximum absolute atomic E-state index is 5.69. The van der Waals surface area contributed by atoms with Gasteiger partial charge in [0.2, 0.25) is 0 Å². The number of nitrogens with zero attached hydrogens (tertiary/aromatic N) is 6. The fraction of sp³-hybridized carbons (Fsp3) is 0.368. The first-order valence-corrected chi connectivity index (χ1v) is 9.43. The summed E-state index contributed by atoms with van der Waals surface area (Å²) in [4.78, 5) is 6.86. The molecule has 0 unspecified atom stereocenters. The van der Waals surface area contributed by atoms with Crippen molar-refractivity contribution in [2.75, 3.05) is 0 Å². The van der Waals surface area contributed by atoms with Crippen LogP contribution in [-0.2, 0) is 0 Å². The highest BCUT2D eigenvalue weighted by Crippen LogP contribution is 2.41. The molecule has 1 fully saturated rings. The van der Waals surface area contributed by atoms with Gasteiger partial charge in [-0.25, -0.2) is 4.68 Å². The Morgan fingerprint density at radius 3 is 2.52 bits per heavy atom. The van der Waals surface area contributed by atoms with E-state index in [9.17, 15) is 0 Å². The number of nitrogens with one attached hydrogen (secondary N) is 1. The molecule has 0 radical (unpaired) electrons. The molecule has 4 heterocycles. The maximum atomic E-state index is 5.69. The van der Waals surface area contributed by atoms with Crippen LogP contribution in [0.15, 0.2) is 43.1 Å². The Bertz CT molecular complexity index is 946. The van der Waals surface area contributed by atoms with E-state index in [1.54, 1.807) is 12.7 Å². The van der Waals surface area contributed by atoms with Crippen LogP contribution in [0.2, 0.25) is 0 Å². The lowest BCUT2D eigenvalue weighted by Crippen LogP contribution is -2.35. The van der Waals surface area contributed by atoms with Gasteiger partial charge in [0.15, 0.2) is 5.11 Å². The minimum Gasteiger partial charge on any atom is -0.352 e. The molecule has 140 valence electrons. The zero-order valence-electron chi connectivity index (χ0n) is 15.9. The van der Waals surface area contributed by atoms with Crippen molar-refractivity contribution in [3.8, 4) is 0 Å². The monoisotopic (exact) mass is 381 g/mol. The maximum Gasteiger partial charge on any atom is 0.170 e. The van der Waals surface area contributed by atoms with Gasteiger partial charge in [0, 0.05) is 29.2 Å². The molecule has 0 bridgehead atoms. The molecular weight excluding hydrogens is 358 g/mol. The number of pyridine rings is 1. The van der Waals surface area contributed by atoms with Crippen molar-refractivity contribution in [3.63, 3.8) is 0 Å². The summed E-state index contributed by atoms with van der Waals surface area (Å²) >= 11 is 5.69. The second kappa shape index (κ2) is 6.77. The Morgan fingerprint density at radius 1 is 1.15 bits per heavy atom. The standard InChI is InChI=1S/C19H23N7S/c1-12(2)25-18(17(23-19(25)27)16-7-5-6-8-20-16)15-9-13(3)26(14(15)4)24-10-21-22-11-24/h5-12,17-18H,1-4H3,(H,23,27)/t17-,18-/m1/s1. The normalized spacial score (nSPS) is 19.7. The first kappa shape index (κ1) is 17.7. The molecule has 0 saturated carbocycles. The fourth-order valence-corrected chi connectivity index (χ4v) is 4.44. The predicted octanol–water partition coefficient (Wildman–Crippen LogP) is 2.78. The van der Waals surface area contributed by atoms with E-state index in [0.29, 0.717) is 0 Å². The second-order valence-electron chi connectivity index (χ2n) is 7.11. The van der Waals surface area contributed by atoms with E-state index < -0.39 is 0 Å². The molecule has 0 amide bonds. The van der Waals surface area contributed by atoms with Crippen molar-refractivity contribution >= 4 is 17.3 Å². The van der Waals surface area contributed by atoms with Crippen LogP contribution in [0.25, 0.3) is 0 Å². The SMILES string of the molecule is Cc1cc([C@@H]2[C@@H](c3ccccn3)NC(=S)N2C(C)C)c(C)n1-n1cnnc1. The fourth-order valence-electron chi connectivity index (χ4n) is 3.98. The van der Waals surface area contributed by atoms with E-state index in [0.717, 1.165) is 22.2 Å². The third-order valence-electron chi connectivity index (χ3n) is 5.08. The van der Waals surface area contributed by atoms with Crippen molar-refractivity contribution in [3.05, 3.63) is 65.8 Å². The summed E-state index contributed by atoms with van der Waals surface area (Å²) in [5.74, 6) is 0. The average molecular weight is 382 g/mol. The van der Waals surface area contributed by atoms with Crippen molar-refractivity contribution < 1.29 is 0 Å². The number of aromatic nitrogens is 5. The predicted molar refractivity (Wildman–Crippen MR) is 107 cm³/mol. The van der Waals surface area contributed by atoms with Crippen LogP contribution in [-0.4, -0.2) is 40.6 Å². The third-order valence-corrected chi connectivity index (χ3v) is 5.41. The van der Waals surface area contributed by atoms with Gasteiger partial charge in [0.05, 0.1) is 17.8 Å².